The van der Waals surface area contributed by atoms with Gasteiger partial charge in [-0.15, -0.1) is 0 Å². The Hall–Kier alpha value is -2.04. The van der Waals surface area contributed by atoms with E-state index in [9.17, 15) is 0 Å². The lowest BCUT2D eigenvalue weighted by atomic mass is 10.2. The summed E-state index contributed by atoms with van der Waals surface area (Å²) in [5.41, 5.74) is 1.09. The molecule has 0 N–H and O–H groups in total. The molecular weight excluding hydrogens is 226 g/mol. The van der Waals surface area contributed by atoms with E-state index in [0.717, 1.165) is 12.2 Å². The monoisotopic (exact) mass is 243 g/mol. The Morgan fingerprint density at radius 1 is 0.944 bits per heavy atom. The molecule has 0 spiro atoms. The predicted molar refractivity (Wildman–Crippen MR) is 69.9 cm³/mol. The van der Waals surface area contributed by atoms with Crippen LogP contribution >= 0.6 is 0 Å². The van der Waals surface area contributed by atoms with Gasteiger partial charge < -0.3 is 9.64 Å². The Bertz CT molecular complexity index is 405. The van der Waals surface area contributed by atoms with Crippen LogP contribution in [0.3, 0.4) is 0 Å². The molecule has 1 aromatic rings. The number of benzene rings is 1. The quantitative estimate of drug-likeness (QED) is 0.657. The molecule has 0 amide bonds. The SMILES string of the molecule is N#CCCOCCN(CCC#N)c1ccccc1. The van der Waals surface area contributed by atoms with Gasteiger partial charge in [0.25, 0.3) is 0 Å². The van der Waals surface area contributed by atoms with Gasteiger partial charge in [-0.05, 0) is 12.1 Å². The van der Waals surface area contributed by atoms with Crippen molar-refractivity contribution in [3.8, 4) is 12.1 Å². The normalized spacial score (nSPS) is 9.44. The molecule has 94 valence electrons. The second-order valence-electron chi connectivity index (χ2n) is 3.75. The van der Waals surface area contributed by atoms with Crippen LogP contribution in [0.15, 0.2) is 30.3 Å². The molecule has 0 atom stereocenters. The van der Waals surface area contributed by atoms with E-state index < -0.39 is 0 Å². The predicted octanol–water partition coefficient (Wildman–Crippen LogP) is 2.34. The lowest BCUT2D eigenvalue weighted by Crippen LogP contribution is -2.28. The number of nitrogens with zero attached hydrogens (tertiary/aromatic N) is 3. The zero-order valence-electron chi connectivity index (χ0n) is 10.4. The molecule has 0 aliphatic heterocycles. The van der Waals surface area contributed by atoms with Gasteiger partial charge in [-0.25, -0.2) is 0 Å². The van der Waals surface area contributed by atoms with Crippen molar-refractivity contribution < 1.29 is 4.74 Å². The van der Waals surface area contributed by atoms with Gasteiger partial charge in [0.1, 0.15) is 0 Å². The van der Waals surface area contributed by atoms with Gasteiger partial charge >= 0.3 is 0 Å². The molecule has 0 saturated carbocycles. The summed E-state index contributed by atoms with van der Waals surface area (Å²) < 4.78 is 5.36. The largest absolute Gasteiger partial charge is 0.379 e. The maximum Gasteiger partial charge on any atom is 0.0645 e. The number of hydrogen-bond acceptors (Lipinski definition) is 4. The van der Waals surface area contributed by atoms with Gasteiger partial charge in [-0.1, -0.05) is 18.2 Å². The molecule has 0 aromatic heterocycles. The van der Waals surface area contributed by atoms with E-state index >= 15 is 0 Å². The summed E-state index contributed by atoms with van der Waals surface area (Å²) in [4.78, 5) is 2.12. The summed E-state index contributed by atoms with van der Waals surface area (Å²) in [6.45, 7) is 2.47. The van der Waals surface area contributed by atoms with E-state index in [4.69, 9.17) is 15.3 Å². The van der Waals surface area contributed by atoms with Crippen molar-refractivity contribution in [2.24, 2.45) is 0 Å². The fraction of sp³-hybridized carbons (Fsp3) is 0.429. The van der Waals surface area contributed by atoms with E-state index in [1.165, 1.54) is 0 Å². The fourth-order valence-electron chi connectivity index (χ4n) is 1.59. The Balaban J connectivity index is 2.42. The van der Waals surface area contributed by atoms with Crippen LogP contribution in [0.25, 0.3) is 0 Å². The van der Waals surface area contributed by atoms with Gasteiger partial charge in [0.15, 0.2) is 0 Å². The van der Waals surface area contributed by atoms with E-state index in [1.54, 1.807) is 0 Å². The minimum absolute atomic E-state index is 0.420. The van der Waals surface area contributed by atoms with Crippen molar-refractivity contribution in [1.82, 2.24) is 0 Å². The molecular formula is C14H17N3O. The van der Waals surface area contributed by atoms with E-state index in [1.807, 2.05) is 36.4 Å². The molecule has 0 fully saturated rings. The highest BCUT2D eigenvalue weighted by Gasteiger charge is 2.05. The molecule has 0 aliphatic carbocycles. The Labute approximate surface area is 108 Å². The van der Waals surface area contributed by atoms with Crippen LogP contribution in [0.1, 0.15) is 12.8 Å². The van der Waals surface area contributed by atoms with Crippen molar-refractivity contribution in [1.29, 1.82) is 10.5 Å². The van der Waals surface area contributed by atoms with Crippen LogP contribution in [-0.4, -0.2) is 26.3 Å². The third-order valence-corrected chi connectivity index (χ3v) is 2.48. The summed E-state index contributed by atoms with van der Waals surface area (Å²) in [5, 5.41) is 17.1. The third-order valence-electron chi connectivity index (χ3n) is 2.48. The Kier molecular flexibility index (Phi) is 7.04. The maximum absolute atomic E-state index is 8.66. The van der Waals surface area contributed by atoms with Gasteiger partial charge in [-0.3, -0.25) is 0 Å². The maximum atomic E-state index is 8.66. The topological polar surface area (TPSA) is 60.0 Å². The second-order valence-corrected chi connectivity index (χ2v) is 3.75. The Morgan fingerprint density at radius 3 is 2.33 bits per heavy atom. The number of nitriles is 2. The highest BCUT2D eigenvalue weighted by Crippen LogP contribution is 2.13. The number of anilines is 1. The highest BCUT2D eigenvalue weighted by molar-refractivity contribution is 5.45. The van der Waals surface area contributed by atoms with Crippen molar-refractivity contribution in [2.45, 2.75) is 12.8 Å². The molecule has 4 nitrogen and oxygen atoms in total. The highest BCUT2D eigenvalue weighted by atomic mass is 16.5. The molecule has 1 rings (SSSR count). The first kappa shape index (κ1) is 14.0. The minimum Gasteiger partial charge on any atom is -0.379 e. The molecule has 4 heteroatoms. The van der Waals surface area contributed by atoms with Crippen LogP contribution in [0.5, 0.6) is 0 Å². The number of para-hydroxylation sites is 1. The van der Waals surface area contributed by atoms with Gasteiger partial charge in [0.2, 0.25) is 0 Å². The van der Waals surface area contributed by atoms with Crippen molar-refractivity contribution in [3.05, 3.63) is 30.3 Å². The molecule has 0 heterocycles. The van der Waals surface area contributed by atoms with E-state index in [-0.39, 0.29) is 0 Å². The summed E-state index contributed by atoms with van der Waals surface area (Å²) >= 11 is 0. The molecule has 0 saturated heterocycles. The van der Waals surface area contributed by atoms with Gasteiger partial charge in [0.05, 0.1) is 38.2 Å². The second kappa shape index (κ2) is 9.04. The molecule has 1 aromatic carbocycles. The third kappa shape index (κ3) is 5.34. The van der Waals surface area contributed by atoms with Crippen LogP contribution in [0.2, 0.25) is 0 Å². The van der Waals surface area contributed by atoms with Crippen molar-refractivity contribution in [2.75, 3.05) is 31.2 Å². The van der Waals surface area contributed by atoms with Crippen LogP contribution < -0.4 is 4.90 Å². The molecule has 0 unspecified atom stereocenters. The summed E-state index contributed by atoms with van der Waals surface area (Å²) in [6, 6.07) is 14.2. The van der Waals surface area contributed by atoms with Crippen molar-refractivity contribution in [3.63, 3.8) is 0 Å². The minimum atomic E-state index is 0.420. The smallest absolute Gasteiger partial charge is 0.0645 e. The van der Waals surface area contributed by atoms with E-state index in [0.29, 0.717) is 32.6 Å². The molecule has 0 bridgehead atoms. The average molecular weight is 243 g/mol. The van der Waals surface area contributed by atoms with Gasteiger partial charge in [0, 0.05) is 18.8 Å². The first-order valence-corrected chi connectivity index (χ1v) is 6.00. The number of ether oxygens (including phenoxy) is 1. The first-order chi connectivity index (χ1) is 8.88. The van der Waals surface area contributed by atoms with Crippen LogP contribution in [0.4, 0.5) is 5.69 Å². The standard InChI is InChI=1S/C14H17N3O/c15-8-4-10-17(11-13-18-12-5-9-16)14-6-2-1-3-7-14/h1-3,6-7H,4-5,10-13H2. The van der Waals surface area contributed by atoms with E-state index in [2.05, 4.69) is 11.0 Å². The number of hydrogen-bond donors (Lipinski definition) is 0. The average Bonchev–Trinajstić information content (AvgIpc) is 2.43. The Morgan fingerprint density at radius 2 is 1.67 bits per heavy atom. The fourth-order valence-corrected chi connectivity index (χ4v) is 1.59. The first-order valence-electron chi connectivity index (χ1n) is 6.00. The molecule has 18 heavy (non-hydrogen) atoms. The zero-order valence-corrected chi connectivity index (χ0v) is 10.4. The molecule has 0 radical (unpaired) electrons. The summed E-state index contributed by atoms with van der Waals surface area (Å²) in [7, 11) is 0. The summed E-state index contributed by atoms with van der Waals surface area (Å²) in [5.74, 6) is 0. The van der Waals surface area contributed by atoms with Crippen LogP contribution in [0, 0.1) is 22.7 Å². The summed E-state index contributed by atoms with van der Waals surface area (Å²) in [6.07, 6.45) is 0.913. The van der Waals surface area contributed by atoms with Crippen molar-refractivity contribution >= 4 is 5.69 Å². The van der Waals surface area contributed by atoms with Gasteiger partial charge in [-0.2, -0.15) is 10.5 Å². The van der Waals surface area contributed by atoms with Crippen LogP contribution in [-0.2, 0) is 4.74 Å². The molecule has 0 aliphatic rings. The lowest BCUT2D eigenvalue weighted by molar-refractivity contribution is 0.146. The number of rotatable bonds is 8. The lowest BCUT2D eigenvalue weighted by Gasteiger charge is -2.23. The zero-order chi connectivity index (χ0) is 13.1.